The summed E-state index contributed by atoms with van der Waals surface area (Å²) in [5.41, 5.74) is 0. The molecule has 14 heavy (non-hydrogen) atoms. The van der Waals surface area contributed by atoms with Gasteiger partial charge in [-0.15, -0.1) is 0 Å². The lowest BCUT2D eigenvalue weighted by Gasteiger charge is -2.24. The van der Waals surface area contributed by atoms with Gasteiger partial charge < -0.3 is 10.4 Å². The van der Waals surface area contributed by atoms with Crippen molar-refractivity contribution < 1.29 is 9.90 Å². The lowest BCUT2D eigenvalue weighted by Crippen LogP contribution is -2.42. The van der Waals surface area contributed by atoms with Crippen LogP contribution in [-0.2, 0) is 4.79 Å². The molecule has 0 saturated carbocycles. The number of ketones is 1. The third-order valence-electron chi connectivity index (χ3n) is 2.32. The first kappa shape index (κ1) is 13.2. The van der Waals surface area contributed by atoms with E-state index < -0.39 is 0 Å². The molecule has 3 nitrogen and oxygen atoms in total. The molecule has 0 aromatic rings. The molecule has 0 fully saturated rings. The normalized spacial score (nSPS) is 14.8. The molecular formula is C11H21NO2. The average molecular weight is 199 g/mol. The molecule has 0 aromatic heterocycles. The molecule has 0 amide bonds. The zero-order chi connectivity index (χ0) is 11.1. The van der Waals surface area contributed by atoms with Crippen molar-refractivity contribution in [3.63, 3.8) is 0 Å². The van der Waals surface area contributed by atoms with Crippen LogP contribution in [0.4, 0.5) is 0 Å². The maximum Gasteiger partial charge on any atom is 0.147 e. The van der Waals surface area contributed by atoms with Crippen molar-refractivity contribution in [2.75, 3.05) is 6.54 Å². The van der Waals surface area contributed by atoms with Gasteiger partial charge in [-0.1, -0.05) is 20.4 Å². The second-order valence-corrected chi connectivity index (χ2v) is 3.55. The molecule has 82 valence electrons. The molecule has 0 heterocycles. The first-order valence-electron chi connectivity index (χ1n) is 5.16. The third-order valence-corrected chi connectivity index (χ3v) is 2.32. The maximum absolute atomic E-state index is 11.3. The van der Waals surface area contributed by atoms with Gasteiger partial charge in [0.2, 0.25) is 0 Å². The summed E-state index contributed by atoms with van der Waals surface area (Å²) < 4.78 is 0. The van der Waals surface area contributed by atoms with Gasteiger partial charge in [-0.05, 0) is 26.3 Å². The first-order valence-corrected chi connectivity index (χ1v) is 5.16. The lowest BCUT2D eigenvalue weighted by atomic mass is 9.92. The first-order chi connectivity index (χ1) is 6.54. The summed E-state index contributed by atoms with van der Waals surface area (Å²) in [6, 6.07) is -0.294. The Kier molecular flexibility index (Phi) is 6.21. The van der Waals surface area contributed by atoms with Crippen LogP contribution >= 0.6 is 0 Å². The second-order valence-electron chi connectivity index (χ2n) is 3.55. The van der Waals surface area contributed by atoms with Gasteiger partial charge in [-0.2, -0.15) is 0 Å². The minimum atomic E-state index is -0.294. The van der Waals surface area contributed by atoms with Crippen molar-refractivity contribution in [1.82, 2.24) is 5.32 Å². The average Bonchev–Trinajstić information content (AvgIpc) is 2.10. The number of nitrogens with one attached hydrogen (secondary N) is 1. The van der Waals surface area contributed by atoms with Crippen molar-refractivity contribution in [2.24, 2.45) is 5.92 Å². The van der Waals surface area contributed by atoms with Crippen LogP contribution in [0.1, 0.15) is 33.6 Å². The van der Waals surface area contributed by atoms with Gasteiger partial charge in [0, 0.05) is 5.92 Å². The van der Waals surface area contributed by atoms with Crippen LogP contribution in [0.3, 0.4) is 0 Å². The minimum Gasteiger partial charge on any atom is -0.513 e. The van der Waals surface area contributed by atoms with E-state index in [1.807, 2.05) is 13.8 Å². The van der Waals surface area contributed by atoms with Crippen LogP contribution in [0, 0.1) is 5.92 Å². The standard InChI is InChI=1S/C11H21NO2/c1-5-7-12-11(9(4)14)10(6-2)8(3)13/h10-13H,3,5-7H2,1-2,4H3. The minimum absolute atomic E-state index is 0.0560. The molecule has 0 aliphatic rings. The van der Waals surface area contributed by atoms with Crippen LogP contribution < -0.4 is 5.32 Å². The molecule has 2 unspecified atom stereocenters. The molecule has 0 rings (SSSR count). The Morgan fingerprint density at radius 1 is 1.50 bits per heavy atom. The summed E-state index contributed by atoms with van der Waals surface area (Å²) in [4.78, 5) is 11.3. The molecule has 0 spiro atoms. The van der Waals surface area contributed by atoms with Gasteiger partial charge in [0.1, 0.15) is 5.78 Å². The van der Waals surface area contributed by atoms with E-state index in [9.17, 15) is 9.90 Å². The smallest absolute Gasteiger partial charge is 0.147 e. The zero-order valence-corrected chi connectivity index (χ0v) is 9.34. The number of carbonyl (C=O) groups excluding carboxylic acids is 1. The lowest BCUT2D eigenvalue weighted by molar-refractivity contribution is -0.120. The summed E-state index contributed by atoms with van der Waals surface area (Å²) in [7, 11) is 0. The molecule has 2 atom stereocenters. The Labute approximate surface area is 86.2 Å². The summed E-state index contributed by atoms with van der Waals surface area (Å²) in [5, 5.41) is 12.5. The Morgan fingerprint density at radius 2 is 2.07 bits per heavy atom. The highest BCUT2D eigenvalue weighted by Crippen LogP contribution is 2.16. The molecule has 0 bridgehead atoms. The van der Waals surface area contributed by atoms with E-state index >= 15 is 0 Å². The van der Waals surface area contributed by atoms with Gasteiger partial charge in [-0.3, -0.25) is 4.79 Å². The van der Waals surface area contributed by atoms with E-state index in [2.05, 4.69) is 11.9 Å². The fourth-order valence-corrected chi connectivity index (χ4v) is 1.53. The molecule has 2 N–H and O–H groups in total. The van der Waals surface area contributed by atoms with Crippen molar-refractivity contribution in [1.29, 1.82) is 0 Å². The summed E-state index contributed by atoms with van der Waals surface area (Å²) in [5.74, 6) is -0.0177. The zero-order valence-electron chi connectivity index (χ0n) is 9.34. The number of rotatable bonds is 7. The third kappa shape index (κ3) is 3.92. The summed E-state index contributed by atoms with van der Waals surface area (Å²) >= 11 is 0. The van der Waals surface area contributed by atoms with Gasteiger partial charge in [0.15, 0.2) is 0 Å². The van der Waals surface area contributed by atoms with Crippen molar-refractivity contribution >= 4 is 5.78 Å². The number of Topliss-reactive ketones (excluding diaryl/α,β-unsaturated/α-hetero) is 1. The van der Waals surface area contributed by atoms with Gasteiger partial charge in [0.05, 0.1) is 11.8 Å². The Hall–Kier alpha value is -0.830. The van der Waals surface area contributed by atoms with E-state index in [4.69, 9.17) is 0 Å². The molecule has 0 aromatic carbocycles. The highest BCUT2D eigenvalue weighted by Gasteiger charge is 2.25. The fourth-order valence-electron chi connectivity index (χ4n) is 1.53. The molecule has 0 aliphatic carbocycles. The van der Waals surface area contributed by atoms with E-state index in [-0.39, 0.29) is 23.5 Å². The van der Waals surface area contributed by atoms with Crippen molar-refractivity contribution in [3.05, 3.63) is 12.3 Å². The summed E-state index contributed by atoms with van der Waals surface area (Å²) in [6.45, 7) is 9.81. The van der Waals surface area contributed by atoms with Crippen LogP contribution in [0.2, 0.25) is 0 Å². The predicted molar refractivity (Wildman–Crippen MR) is 58.3 cm³/mol. The van der Waals surface area contributed by atoms with E-state index in [1.165, 1.54) is 0 Å². The topological polar surface area (TPSA) is 49.3 Å². The molecule has 0 aliphatic heterocycles. The molecule has 0 radical (unpaired) electrons. The van der Waals surface area contributed by atoms with Crippen LogP contribution in [0.5, 0.6) is 0 Å². The van der Waals surface area contributed by atoms with Gasteiger partial charge in [0.25, 0.3) is 0 Å². The van der Waals surface area contributed by atoms with Crippen LogP contribution in [0.25, 0.3) is 0 Å². The van der Waals surface area contributed by atoms with Crippen molar-refractivity contribution in [2.45, 2.75) is 39.7 Å². The number of aliphatic hydroxyl groups is 1. The Balaban J connectivity index is 4.44. The molecule has 0 saturated heterocycles. The number of hydrogen-bond acceptors (Lipinski definition) is 3. The molecule has 3 heteroatoms. The van der Waals surface area contributed by atoms with Crippen molar-refractivity contribution in [3.8, 4) is 0 Å². The highest BCUT2D eigenvalue weighted by molar-refractivity contribution is 5.82. The van der Waals surface area contributed by atoms with Crippen LogP contribution in [-0.4, -0.2) is 23.5 Å². The summed E-state index contributed by atoms with van der Waals surface area (Å²) in [6.07, 6.45) is 1.69. The quantitative estimate of drug-likeness (QED) is 0.617. The number of hydrogen-bond donors (Lipinski definition) is 2. The Bertz CT molecular complexity index is 201. The van der Waals surface area contributed by atoms with E-state index in [1.54, 1.807) is 6.92 Å². The second kappa shape index (κ2) is 6.60. The largest absolute Gasteiger partial charge is 0.513 e. The maximum atomic E-state index is 11.3. The monoisotopic (exact) mass is 199 g/mol. The predicted octanol–water partition coefficient (Wildman–Crippen LogP) is 2.04. The van der Waals surface area contributed by atoms with Crippen LogP contribution in [0.15, 0.2) is 12.3 Å². The van der Waals surface area contributed by atoms with E-state index in [0.29, 0.717) is 0 Å². The number of carbonyl (C=O) groups is 1. The Morgan fingerprint density at radius 3 is 2.36 bits per heavy atom. The molecular weight excluding hydrogens is 178 g/mol. The highest BCUT2D eigenvalue weighted by atomic mass is 16.3. The van der Waals surface area contributed by atoms with E-state index in [0.717, 1.165) is 19.4 Å². The SMILES string of the molecule is C=C(O)C(CC)C(NCCC)C(C)=O. The fraction of sp³-hybridized carbons (Fsp3) is 0.727. The van der Waals surface area contributed by atoms with Gasteiger partial charge >= 0.3 is 0 Å². The van der Waals surface area contributed by atoms with Gasteiger partial charge in [-0.25, -0.2) is 0 Å². The number of aliphatic hydroxyl groups excluding tert-OH is 1.